The normalized spacial score (nSPS) is 10.4. The second kappa shape index (κ2) is 8.30. The molecule has 0 saturated carbocycles. The average Bonchev–Trinajstić information content (AvgIpc) is 2.67. The molecule has 2 N–H and O–H groups in total. The van der Waals surface area contributed by atoms with Gasteiger partial charge in [-0.1, -0.05) is 6.07 Å². The molecule has 1 aromatic heterocycles. The minimum Gasteiger partial charge on any atom is -0.325 e. The second-order valence-electron chi connectivity index (χ2n) is 6.26. The van der Waals surface area contributed by atoms with E-state index in [1.807, 2.05) is 6.92 Å². The van der Waals surface area contributed by atoms with E-state index in [4.69, 9.17) is 0 Å². The molecule has 0 aliphatic rings. The van der Waals surface area contributed by atoms with Gasteiger partial charge in [0.15, 0.2) is 0 Å². The van der Waals surface area contributed by atoms with Crippen LogP contribution in [0.3, 0.4) is 0 Å². The van der Waals surface area contributed by atoms with Gasteiger partial charge in [0.05, 0.1) is 0 Å². The van der Waals surface area contributed by atoms with Crippen LogP contribution >= 0.6 is 0 Å². The van der Waals surface area contributed by atoms with E-state index in [1.165, 1.54) is 34.9 Å². The summed E-state index contributed by atoms with van der Waals surface area (Å²) in [6.45, 7) is 1.73. The Morgan fingerprint density at radius 1 is 0.893 bits per heavy atom. The zero-order chi connectivity index (χ0) is 20.1. The molecule has 3 aromatic rings. The van der Waals surface area contributed by atoms with Crippen LogP contribution in [-0.4, -0.2) is 16.4 Å². The summed E-state index contributed by atoms with van der Waals surface area (Å²) in [5.74, 6) is -1.09. The largest absolute Gasteiger partial charge is 0.325 e. The molecular weight excluding hydrogens is 361 g/mol. The fourth-order valence-electron chi connectivity index (χ4n) is 2.57. The number of aryl methyl sites for hydroxylation is 1. The summed E-state index contributed by atoms with van der Waals surface area (Å²) in [6, 6.07) is 14.9. The molecule has 0 bridgehead atoms. The van der Waals surface area contributed by atoms with Crippen molar-refractivity contribution in [1.29, 1.82) is 0 Å². The smallest absolute Gasteiger partial charge is 0.255 e. The Morgan fingerprint density at radius 3 is 2.18 bits per heavy atom. The van der Waals surface area contributed by atoms with Crippen LogP contribution in [0.1, 0.15) is 15.9 Å². The summed E-state index contributed by atoms with van der Waals surface area (Å²) < 4.78 is 14.2. The van der Waals surface area contributed by atoms with Crippen molar-refractivity contribution in [2.24, 2.45) is 0 Å². The number of benzene rings is 2. The lowest BCUT2D eigenvalue weighted by Crippen LogP contribution is -2.26. The SMILES string of the molecule is Cc1ccc(=O)n(CC(=O)Nc2ccc(C(=O)Nc3ccc(F)cc3)cc2)c1. The van der Waals surface area contributed by atoms with Crippen LogP contribution < -0.4 is 16.2 Å². The van der Waals surface area contributed by atoms with Crippen LogP contribution in [0.25, 0.3) is 0 Å². The van der Waals surface area contributed by atoms with Crippen LogP contribution in [0.2, 0.25) is 0 Å². The van der Waals surface area contributed by atoms with Gasteiger partial charge in [-0.15, -0.1) is 0 Å². The van der Waals surface area contributed by atoms with E-state index < -0.39 is 0 Å². The van der Waals surface area contributed by atoms with Gasteiger partial charge in [-0.2, -0.15) is 0 Å². The third-order valence-corrected chi connectivity index (χ3v) is 3.98. The molecule has 2 amide bonds. The monoisotopic (exact) mass is 379 g/mol. The second-order valence-corrected chi connectivity index (χ2v) is 6.26. The summed E-state index contributed by atoms with van der Waals surface area (Å²) in [5, 5.41) is 5.35. The van der Waals surface area contributed by atoms with Crippen molar-refractivity contribution in [3.8, 4) is 0 Å². The van der Waals surface area contributed by atoms with Gasteiger partial charge in [0.1, 0.15) is 12.4 Å². The number of hydrogen-bond acceptors (Lipinski definition) is 3. The first-order valence-corrected chi connectivity index (χ1v) is 8.55. The number of hydrogen-bond donors (Lipinski definition) is 2. The first-order chi connectivity index (χ1) is 13.4. The van der Waals surface area contributed by atoms with Crippen molar-refractivity contribution in [1.82, 2.24) is 4.57 Å². The van der Waals surface area contributed by atoms with Crippen molar-refractivity contribution >= 4 is 23.2 Å². The van der Waals surface area contributed by atoms with E-state index in [0.29, 0.717) is 16.9 Å². The molecule has 142 valence electrons. The Morgan fingerprint density at radius 2 is 1.50 bits per heavy atom. The van der Waals surface area contributed by atoms with Gasteiger partial charge < -0.3 is 15.2 Å². The van der Waals surface area contributed by atoms with E-state index in [9.17, 15) is 18.8 Å². The lowest BCUT2D eigenvalue weighted by molar-refractivity contribution is -0.116. The van der Waals surface area contributed by atoms with E-state index in [2.05, 4.69) is 10.6 Å². The van der Waals surface area contributed by atoms with E-state index in [1.54, 1.807) is 36.5 Å². The molecule has 0 saturated heterocycles. The molecule has 3 rings (SSSR count). The Labute approximate surface area is 160 Å². The molecule has 0 radical (unpaired) electrons. The van der Waals surface area contributed by atoms with Gasteiger partial charge in [0, 0.05) is 29.2 Å². The number of anilines is 2. The van der Waals surface area contributed by atoms with E-state index in [-0.39, 0.29) is 29.7 Å². The van der Waals surface area contributed by atoms with Crippen LogP contribution in [0.15, 0.2) is 71.7 Å². The topological polar surface area (TPSA) is 80.2 Å². The number of carbonyl (C=O) groups excluding carboxylic acids is 2. The van der Waals surface area contributed by atoms with Crippen LogP contribution in [0.5, 0.6) is 0 Å². The lowest BCUT2D eigenvalue weighted by Gasteiger charge is -2.09. The zero-order valence-corrected chi connectivity index (χ0v) is 15.1. The molecule has 6 nitrogen and oxygen atoms in total. The maximum atomic E-state index is 12.9. The molecule has 0 aliphatic carbocycles. The summed E-state index contributed by atoms with van der Waals surface area (Å²) in [4.78, 5) is 36.1. The highest BCUT2D eigenvalue weighted by atomic mass is 19.1. The molecule has 2 aromatic carbocycles. The molecule has 0 spiro atoms. The number of nitrogens with one attached hydrogen (secondary N) is 2. The number of aromatic nitrogens is 1. The predicted molar refractivity (Wildman–Crippen MR) is 105 cm³/mol. The summed E-state index contributed by atoms with van der Waals surface area (Å²) in [6.07, 6.45) is 1.62. The van der Waals surface area contributed by atoms with Crippen molar-refractivity contribution in [3.05, 3.63) is 94.2 Å². The van der Waals surface area contributed by atoms with Gasteiger partial charge >= 0.3 is 0 Å². The average molecular weight is 379 g/mol. The summed E-state index contributed by atoms with van der Waals surface area (Å²) >= 11 is 0. The van der Waals surface area contributed by atoms with Gasteiger partial charge in [0.25, 0.3) is 11.5 Å². The highest BCUT2D eigenvalue weighted by molar-refractivity contribution is 6.04. The third kappa shape index (κ3) is 4.91. The van der Waals surface area contributed by atoms with Crippen LogP contribution in [0, 0.1) is 12.7 Å². The summed E-state index contributed by atoms with van der Waals surface area (Å²) in [7, 11) is 0. The number of rotatable bonds is 5. The Kier molecular flexibility index (Phi) is 5.64. The van der Waals surface area contributed by atoms with Gasteiger partial charge in [-0.25, -0.2) is 4.39 Å². The van der Waals surface area contributed by atoms with Gasteiger partial charge in [-0.05, 0) is 61.0 Å². The van der Waals surface area contributed by atoms with Gasteiger partial charge in [0.2, 0.25) is 5.91 Å². The molecule has 7 heteroatoms. The number of halogens is 1. The summed E-state index contributed by atoms with van der Waals surface area (Å²) in [5.41, 5.74) is 1.99. The molecule has 28 heavy (non-hydrogen) atoms. The van der Waals surface area contributed by atoms with Crippen LogP contribution in [0.4, 0.5) is 15.8 Å². The molecule has 1 heterocycles. The molecule has 0 unspecified atom stereocenters. The molecule has 0 fully saturated rings. The minimum atomic E-state index is -0.383. The predicted octanol–water partition coefficient (Wildman–Crippen LogP) is 3.19. The van der Waals surface area contributed by atoms with Crippen molar-refractivity contribution in [3.63, 3.8) is 0 Å². The first-order valence-electron chi connectivity index (χ1n) is 8.55. The van der Waals surface area contributed by atoms with Gasteiger partial charge in [-0.3, -0.25) is 14.4 Å². The van der Waals surface area contributed by atoms with Crippen LogP contribution in [-0.2, 0) is 11.3 Å². The van der Waals surface area contributed by atoms with E-state index in [0.717, 1.165) is 5.56 Å². The molecular formula is C21H18FN3O3. The zero-order valence-electron chi connectivity index (χ0n) is 15.1. The lowest BCUT2D eigenvalue weighted by atomic mass is 10.2. The Balaban J connectivity index is 1.61. The molecule has 0 atom stereocenters. The fraction of sp³-hybridized carbons (Fsp3) is 0.0952. The highest BCUT2D eigenvalue weighted by Gasteiger charge is 2.08. The van der Waals surface area contributed by atoms with Crippen molar-refractivity contribution in [2.45, 2.75) is 13.5 Å². The maximum absolute atomic E-state index is 12.9. The number of pyridine rings is 1. The Bertz CT molecular complexity index is 1060. The Hall–Kier alpha value is -3.74. The number of amides is 2. The number of carbonyl (C=O) groups is 2. The fourth-order valence-corrected chi connectivity index (χ4v) is 2.57. The van der Waals surface area contributed by atoms with Crippen molar-refractivity contribution < 1.29 is 14.0 Å². The highest BCUT2D eigenvalue weighted by Crippen LogP contribution is 2.13. The maximum Gasteiger partial charge on any atom is 0.255 e. The van der Waals surface area contributed by atoms with E-state index >= 15 is 0 Å². The third-order valence-electron chi connectivity index (χ3n) is 3.98. The molecule has 0 aliphatic heterocycles. The number of nitrogens with zero attached hydrogens (tertiary/aromatic N) is 1. The first kappa shape index (κ1) is 19.0. The quantitative estimate of drug-likeness (QED) is 0.715. The van der Waals surface area contributed by atoms with Crippen molar-refractivity contribution in [2.75, 3.05) is 10.6 Å². The standard InChI is InChI=1S/C21H18FN3O3/c1-14-2-11-20(27)25(12-14)13-19(26)23-17-7-3-15(4-8-17)21(28)24-18-9-5-16(22)6-10-18/h2-12H,13H2,1H3,(H,23,26)(H,24,28). The minimum absolute atomic E-state index is 0.104.